The molecule has 2 aliphatic rings. The first-order valence-electron chi connectivity index (χ1n) is 11.1. The van der Waals surface area contributed by atoms with Crippen molar-refractivity contribution in [3.8, 4) is 11.5 Å². The van der Waals surface area contributed by atoms with E-state index in [9.17, 15) is 9.59 Å². The lowest BCUT2D eigenvalue weighted by atomic mass is 10.1. The van der Waals surface area contributed by atoms with E-state index >= 15 is 0 Å². The van der Waals surface area contributed by atoms with Crippen LogP contribution >= 0.6 is 0 Å². The van der Waals surface area contributed by atoms with Gasteiger partial charge in [0.2, 0.25) is 11.8 Å². The van der Waals surface area contributed by atoms with Crippen molar-refractivity contribution in [2.24, 2.45) is 0 Å². The number of carbonyl (C=O) groups is 2. The standard InChI is InChI=1S/C24H26N4O4/c1-28(18-11-10-17(14-18)26-22(29)20-5-3-13-31-20)24(30)16-8-6-15(7-9-16)23-27-21-19(32-23)4-2-12-25-21/h2,4,6-9,12,17-18,20H,3,5,10-11,13-14H2,1H3,(H,26,29)/t17-,18+,20?/m0/s1. The van der Waals surface area contributed by atoms with Gasteiger partial charge in [-0.1, -0.05) is 0 Å². The molecule has 2 aromatic heterocycles. The molecule has 1 saturated heterocycles. The summed E-state index contributed by atoms with van der Waals surface area (Å²) in [6.07, 6.45) is 5.57. The molecule has 1 saturated carbocycles. The highest BCUT2D eigenvalue weighted by Gasteiger charge is 2.33. The van der Waals surface area contributed by atoms with Gasteiger partial charge in [0.1, 0.15) is 6.10 Å². The van der Waals surface area contributed by atoms with E-state index in [0.717, 1.165) is 37.7 Å². The molecule has 1 unspecified atom stereocenters. The molecule has 0 bridgehead atoms. The maximum atomic E-state index is 13.0. The third-order valence-corrected chi connectivity index (χ3v) is 6.39. The lowest BCUT2D eigenvalue weighted by Gasteiger charge is -2.25. The number of fused-ring (bicyclic) bond motifs is 1. The Hall–Kier alpha value is -3.26. The largest absolute Gasteiger partial charge is 0.434 e. The van der Waals surface area contributed by atoms with E-state index in [1.807, 2.05) is 25.2 Å². The molecule has 0 radical (unpaired) electrons. The van der Waals surface area contributed by atoms with Gasteiger partial charge in [-0.2, -0.15) is 4.98 Å². The molecule has 8 heteroatoms. The summed E-state index contributed by atoms with van der Waals surface area (Å²) in [4.78, 5) is 35.7. The molecule has 32 heavy (non-hydrogen) atoms. The van der Waals surface area contributed by atoms with Crippen LogP contribution in [0.2, 0.25) is 0 Å². The Morgan fingerprint density at radius 3 is 2.72 bits per heavy atom. The fourth-order valence-electron chi connectivity index (χ4n) is 4.54. The Labute approximate surface area is 186 Å². The van der Waals surface area contributed by atoms with E-state index in [0.29, 0.717) is 29.3 Å². The molecule has 2 fully saturated rings. The normalized spacial score (nSPS) is 22.8. The smallest absolute Gasteiger partial charge is 0.253 e. The van der Waals surface area contributed by atoms with Gasteiger partial charge in [0.05, 0.1) is 0 Å². The number of rotatable bonds is 5. The number of oxazole rings is 1. The second kappa shape index (κ2) is 8.70. The summed E-state index contributed by atoms with van der Waals surface area (Å²) in [5.41, 5.74) is 2.59. The van der Waals surface area contributed by atoms with E-state index in [4.69, 9.17) is 9.15 Å². The van der Waals surface area contributed by atoms with Crippen LogP contribution in [0.25, 0.3) is 22.7 Å². The number of nitrogens with zero attached hydrogens (tertiary/aromatic N) is 3. The summed E-state index contributed by atoms with van der Waals surface area (Å²) >= 11 is 0. The molecular formula is C24H26N4O4. The molecule has 0 spiro atoms. The maximum Gasteiger partial charge on any atom is 0.253 e. The van der Waals surface area contributed by atoms with Crippen molar-refractivity contribution >= 4 is 23.0 Å². The molecule has 3 heterocycles. The number of aromatic nitrogens is 2. The van der Waals surface area contributed by atoms with Gasteiger partial charge in [0.25, 0.3) is 5.91 Å². The highest BCUT2D eigenvalue weighted by atomic mass is 16.5. The van der Waals surface area contributed by atoms with E-state index in [2.05, 4.69) is 15.3 Å². The Morgan fingerprint density at radius 1 is 1.12 bits per heavy atom. The molecule has 166 valence electrons. The number of pyridine rings is 1. The van der Waals surface area contributed by atoms with Crippen LogP contribution in [0.3, 0.4) is 0 Å². The highest BCUT2D eigenvalue weighted by Crippen LogP contribution is 2.27. The summed E-state index contributed by atoms with van der Waals surface area (Å²) in [5, 5.41) is 3.10. The summed E-state index contributed by atoms with van der Waals surface area (Å²) in [7, 11) is 1.83. The molecule has 3 aromatic rings. The summed E-state index contributed by atoms with van der Waals surface area (Å²) in [5.74, 6) is 0.422. The van der Waals surface area contributed by atoms with E-state index in [1.54, 1.807) is 29.3 Å². The lowest BCUT2D eigenvalue weighted by molar-refractivity contribution is -0.130. The average Bonchev–Trinajstić information content (AvgIpc) is 3.58. The topological polar surface area (TPSA) is 97.6 Å². The second-order valence-electron chi connectivity index (χ2n) is 8.51. The zero-order valence-corrected chi connectivity index (χ0v) is 18.0. The summed E-state index contributed by atoms with van der Waals surface area (Å²) in [6, 6.07) is 11.1. The predicted molar refractivity (Wildman–Crippen MR) is 118 cm³/mol. The quantitative estimate of drug-likeness (QED) is 0.662. The SMILES string of the molecule is CN(C(=O)c1ccc(-c2nc3ncccc3o2)cc1)[C@@H]1CC[C@H](NC(=O)C2CCCO2)C1. The van der Waals surface area contributed by atoms with Gasteiger partial charge in [0.15, 0.2) is 11.2 Å². The predicted octanol–water partition coefficient (Wildman–Crippen LogP) is 3.18. The molecular weight excluding hydrogens is 408 g/mol. The van der Waals surface area contributed by atoms with Crippen LogP contribution in [-0.2, 0) is 9.53 Å². The number of nitrogens with one attached hydrogen (secondary N) is 1. The van der Waals surface area contributed by atoms with Crippen molar-refractivity contribution in [2.45, 2.75) is 50.3 Å². The van der Waals surface area contributed by atoms with Crippen molar-refractivity contribution in [3.05, 3.63) is 48.2 Å². The number of hydrogen-bond donors (Lipinski definition) is 1. The van der Waals surface area contributed by atoms with Gasteiger partial charge in [-0.25, -0.2) is 4.98 Å². The Bertz CT molecular complexity index is 1090. The van der Waals surface area contributed by atoms with Gasteiger partial charge < -0.3 is 19.4 Å². The van der Waals surface area contributed by atoms with Gasteiger partial charge in [0, 0.05) is 43.1 Å². The molecule has 1 N–H and O–H groups in total. The van der Waals surface area contributed by atoms with Crippen LogP contribution in [0.1, 0.15) is 42.5 Å². The number of ether oxygens (including phenoxy) is 1. The third-order valence-electron chi connectivity index (χ3n) is 6.39. The monoisotopic (exact) mass is 434 g/mol. The van der Waals surface area contributed by atoms with Crippen molar-refractivity contribution in [1.29, 1.82) is 0 Å². The molecule has 3 atom stereocenters. The third kappa shape index (κ3) is 4.10. The first-order chi connectivity index (χ1) is 15.6. The highest BCUT2D eigenvalue weighted by molar-refractivity contribution is 5.94. The van der Waals surface area contributed by atoms with Crippen LogP contribution in [0, 0.1) is 0 Å². The minimum atomic E-state index is -0.316. The number of hydrogen-bond acceptors (Lipinski definition) is 6. The molecule has 8 nitrogen and oxygen atoms in total. The zero-order valence-electron chi connectivity index (χ0n) is 18.0. The van der Waals surface area contributed by atoms with Gasteiger partial charge in [-0.3, -0.25) is 9.59 Å². The molecule has 1 aliphatic heterocycles. The molecule has 1 aromatic carbocycles. The average molecular weight is 434 g/mol. The van der Waals surface area contributed by atoms with Crippen LogP contribution in [0.15, 0.2) is 47.0 Å². The molecule has 1 aliphatic carbocycles. The summed E-state index contributed by atoms with van der Waals surface area (Å²) < 4.78 is 11.2. The minimum absolute atomic E-state index is 0.0212. The fourth-order valence-corrected chi connectivity index (χ4v) is 4.54. The van der Waals surface area contributed by atoms with Gasteiger partial charge >= 0.3 is 0 Å². The lowest BCUT2D eigenvalue weighted by Crippen LogP contribution is -2.41. The summed E-state index contributed by atoms with van der Waals surface area (Å²) in [6.45, 7) is 0.657. The molecule has 2 amide bonds. The Morgan fingerprint density at radius 2 is 1.97 bits per heavy atom. The zero-order chi connectivity index (χ0) is 22.1. The van der Waals surface area contributed by atoms with Crippen LogP contribution in [-0.4, -0.2) is 58.5 Å². The van der Waals surface area contributed by atoms with Gasteiger partial charge in [-0.05, 0) is 68.5 Å². The van der Waals surface area contributed by atoms with Crippen molar-refractivity contribution in [1.82, 2.24) is 20.2 Å². The Kier molecular flexibility index (Phi) is 5.61. The van der Waals surface area contributed by atoms with Crippen molar-refractivity contribution in [3.63, 3.8) is 0 Å². The van der Waals surface area contributed by atoms with E-state index in [-0.39, 0.29) is 30.0 Å². The first-order valence-corrected chi connectivity index (χ1v) is 11.1. The maximum absolute atomic E-state index is 13.0. The first kappa shape index (κ1) is 20.6. The van der Waals surface area contributed by atoms with Crippen LogP contribution in [0.5, 0.6) is 0 Å². The van der Waals surface area contributed by atoms with Crippen LogP contribution < -0.4 is 5.32 Å². The van der Waals surface area contributed by atoms with Gasteiger partial charge in [-0.15, -0.1) is 0 Å². The van der Waals surface area contributed by atoms with Crippen molar-refractivity contribution in [2.75, 3.05) is 13.7 Å². The number of carbonyl (C=O) groups excluding carboxylic acids is 2. The Balaban J connectivity index is 1.20. The number of benzene rings is 1. The van der Waals surface area contributed by atoms with Crippen LogP contribution in [0.4, 0.5) is 0 Å². The van der Waals surface area contributed by atoms with E-state index in [1.165, 1.54) is 0 Å². The van der Waals surface area contributed by atoms with Crippen molar-refractivity contribution < 1.29 is 18.7 Å². The fraction of sp³-hybridized carbons (Fsp3) is 0.417. The second-order valence-corrected chi connectivity index (χ2v) is 8.51. The minimum Gasteiger partial charge on any atom is -0.434 e. The van der Waals surface area contributed by atoms with E-state index < -0.39 is 0 Å². The molecule has 5 rings (SSSR count). The number of amides is 2.